The van der Waals surface area contributed by atoms with Crippen LogP contribution in [0.2, 0.25) is 0 Å². The fraction of sp³-hybridized carbons (Fsp3) is 0.267. The molecule has 3 N–H and O–H groups in total. The molecule has 2 aromatic rings. The first-order valence-electron chi connectivity index (χ1n) is 6.41. The average Bonchev–Trinajstić information content (AvgIpc) is 2.84. The summed E-state index contributed by atoms with van der Waals surface area (Å²) in [7, 11) is 0. The van der Waals surface area contributed by atoms with E-state index >= 15 is 0 Å². The van der Waals surface area contributed by atoms with Crippen molar-refractivity contribution < 1.29 is 9.90 Å². The van der Waals surface area contributed by atoms with E-state index in [1.54, 1.807) is 4.90 Å². The number of amides is 1. The van der Waals surface area contributed by atoms with Crippen molar-refractivity contribution in [3.8, 4) is 0 Å². The minimum atomic E-state index is -0.411. The summed E-state index contributed by atoms with van der Waals surface area (Å²) in [5, 5.41) is 11.5. The molecular weight excluding hydrogens is 240 g/mol. The zero-order chi connectivity index (χ0) is 13.4. The van der Waals surface area contributed by atoms with Crippen LogP contribution in [0.3, 0.4) is 0 Å². The van der Waals surface area contributed by atoms with Crippen LogP contribution in [0, 0.1) is 0 Å². The Morgan fingerprint density at radius 1 is 1.26 bits per heavy atom. The fourth-order valence-electron chi connectivity index (χ4n) is 2.54. The smallest absolute Gasteiger partial charge is 0.256 e. The SMILES string of the molecule is Nc1cc2ccccc2cc1C(=O)N1CCC(O)C1. The Morgan fingerprint density at radius 2 is 1.95 bits per heavy atom. The number of β-amino-alcohol motifs (C(OH)–C–C–N with tert-alkyl or cyclic N) is 1. The van der Waals surface area contributed by atoms with E-state index in [1.165, 1.54) is 0 Å². The maximum Gasteiger partial charge on any atom is 0.256 e. The molecule has 1 unspecified atom stereocenters. The van der Waals surface area contributed by atoms with Crippen molar-refractivity contribution >= 4 is 22.4 Å². The third kappa shape index (κ3) is 2.15. The third-order valence-corrected chi connectivity index (χ3v) is 3.60. The number of hydrogen-bond donors (Lipinski definition) is 2. The number of carbonyl (C=O) groups excluding carboxylic acids is 1. The second-order valence-corrected chi connectivity index (χ2v) is 4.98. The second kappa shape index (κ2) is 4.55. The first kappa shape index (κ1) is 12.0. The van der Waals surface area contributed by atoms with Gasteiger partial charge in [-0.1, -0.05) is 24.3 Å². The quantitative estimate of drug-likeness (QED) is 0.762. The topological polar surface area (TPSA) is 66.6 Å². The minimum absolute atomic E-state index is 0.0974. The van der Waals surface area contributed by atoms with Gasteiger partial charge in [-0.2, -0.15) is 0 Å². The number of nitrogens with two attached hydrogens (primary N) is 1. The number of aliphatic hydroxyl groups excluding tert-OH is 1. The van der Waals surface area contributed by atoms with Gasteiger partial charge in [-0.05, 0) is 29.3 Å². The van der Waals surface area contributed by atoms with Gasteiger partial charge in [0.05, 0.1) is 11.7 Å². The normalized spacial score (nSPS) is 19.0. The van der Waals surface area contributed by atoms with Crippen LogP contribution in [0.5, 0.6) is 0 Å². The number of anilines is 1. The van der Waals surface area contributed by atoms with Crippen LogP contribution in [-0.4, -0.2) is 35.1 Å². The highest BCUT2D eigenvalue weighted by Gasteiger charge is 2.26. The molecule has 0 bridgehead atoms. The lowest BCUT2D eigenvalue weighted by atomic mass is 10.0. The standard InChI is InChI=1S/C15H16N2O2/c16-14-8-11-4-2-1-3-10(11)7-13(14)15(19)17-6-5-12(18)9-17/h1-4,7-8,12,18H,5-6,9,16H2. The predicted molar refractivity (Wildman–Crippen MR) is 74.9 cm³/mol. The van der Waals surface area contributed by atoms with Gasteiger partial charge in [0, 0.05) is 18.8 Å². The van der Waals surface area contributed by atoms with E-state index in [9.17, 15) is 9.90 Å². The Hall–Kier alpha value is -2.07. The number of nitrogens with zero attached hydrogens (tertiary/aromatic N) is 1. The van der Waals surface area contributed by atoms with Gasteiger partial charge in [-0.25, -0.2) is 0 Å². The van der Waals surface area contributed by atoms with E-state index in [1.807, 2.05) is 36.4 Å². The number of nitrogen functional groups attached to an aromatic ring is 1. The number of rotatable bonds is 1. The van der Waals surface area contributed by atoms with Crippen molar-refractivity contribution in [1.82, 2.24) is 4.90 Å². The van der Waals surface area contributed by atoms with E-state index in [0.29, 0.717) is 30.8 Å². The summed E-state index contributed by atoms with van der Waals surface area (Å²) in [5.41, 5.74) is 6.99. The molecule has 3 rings (SSSR count). The predicted octanol–water partition coefficient (Wildman–Crippen LogP) is 1.63. The van der Waals surface area contributed by atoms with Crippen LogP contribution < -0.4 is 5.73 Å². The highest BCUT2D eigenvalue weighted by molar-refractivity contribution is 6.04. The van der Waals surface area contributed by atoms with Gasteiger partial charge in [0.25, 0.3) is 5.91 Å². The Bertz CT molecular complexity index is 639. The van der Waals surface area contributed by atoms with Gasteiger partial charge in [0.1, 0.15) is 0 Å². The van der Waals surface area contributed by atoms with Gasteiger partial charge in [0.2, 0.25) is 0 Å². The van der Waals surface area contributed by atoms with Crippen molar-refractivity contribution in [3.63, 3.8) is 0 Å². The van der Waals surface area contributed by atoms with E-state index in [2.05, 4.69) is 0 Å². The highest BCUT2D eigenvalue weighted by Crippen LogP contribution is 2.24. The number of hydrogen-bond acceptors (Lipinski definition) is 3. The van der Waals surface area contributed by atoms with Crippen molar-refractivity contribution in [3.05, 3.63) is 42.0 Å². The zero-order valence-corrected chi connectivity index (χ0v) is 10.5. The van der Waals surface area contributed by atoms with Crippen LogP contribution >= 0.6 is 0 Å². The molecule has 4 heteroatoms. The van der Waals surface area contributed by atoms with Gasteiger partial charge in [-0.15, -0.1) is 0 Å². The monoisotopic (exact) mass is 256 g/mol. The van der Waals surface area contributed by atoms with E-state index in [0.717, 1.165) is 10.8 Å². The summed E-state index contributed by atoms with van der Waals surface area (Å²) in [5.74, 6) is -0.0974. The van der Waals surface area contributed by atoms with Crippen LogP contribution in [0.1, 0.15) is 16.8 Å². The number of likely N-dealkylation sites (tertiary alicyclic amines) is 1. The summed E-state index contributed by atoms with van der Waals surface area (Å²) in [4.78, 5) is 14.0. The molecule has 0 aromatic heterocycles. The molecule has 1 fully saturated rings. The highest BCUT2D eigenvalue weighted by atomic mass is 16.3. The van der Waals surface area contributed by atoms with Gasteiger partial charge in [0.15, 0.2) is 0 Å². The number of fused-ring (bicyclic) bond motifs is 1. The summed E-state index contributed by atoms with van der Waals surface area (Å²) in [6, 6.07) is 11.5. The lowest BCUT2D eigenvalue weighted by Gasteiger charge is -2.17. The summed E-state index contributed by atoms with van der Waals surface area (Å²) < 4.78 is 0. The van der Waals surface area contributed by atoms with E-state index in [-0.39, 0.29) is 5.91 Å². The number of carbonyl (C=O) groups is 1. The lowest BCUT2D eigenvalue weighted by molar-refractivity contribution is 0.0766. The first-order chi connectivity index (χ1) is 9.15. The molecule has 4 nitrogen and oxygen atoms in total. The van der Waals surface area contributed by atoms with Crippen molar-refractivity contribution in [2.75, 3.05) is 18.8 Å². The molecule has 1 heterocycles. The maximum absolute atomic E-state index is 12.4. The number of aliphatic hydroxyl groups is 1. The molecule has 1 atom stereocenters. The lowest BCUT2D eigenvalue weighted by Crippen LogP contribution is -2.30. The second-order valence-electron chi connectivity index (χ2n) is 4.98. The average molecular weight is 256 g/mol. The molecule has 1 aliphatic rings. The van der Waals surface area contributed by atoms with Gasteiger partial charge in [-0.3, -0.25) is 4.79 Å². The minimum Gasteiger partial charge on any atom is -0.398 e. The van der Waals surface area contributed by atoms with E-state index < -0.39 is 6.10 Å². The Labute approximate surface area is 111 Å². The fourth-order valence-corrected chi connectivity index (χ4v) is 2.54. The molecule has 2 aromatic carbocycles. The first-order valence-corrected chi connectivity index (χ1v) is 6.41. The van der Waals surface area contributed by atoms with Gasteiger partial charge >= 0.3 is 0 Å². The Morgan fingerprint density at radius 3 is 2.58 bits per heavy atom. The maximum atomic E-state index is 12.4. The molecule has 1 aliphatic heterocycles. The van der Waals surface area contributed by atoms with Crippen LogP contribution in [0.4, 0.5) is 5.69 Å². The van der Waals surface area contributed by atoms with Crippen molar-refractivity contribution in [2.24, 2.45) is 0 Å². The third-order valence-electron chi connectivity index (χ3n) is 3.60. The van der Waals surface area contributed by atoms with Crippen LogP contribution in [-0.2, 0) is 0 Å². The van der Waals surface area contributed by atoms with Gasteiger partial charge < -0.3 is 15.7 Å². The molecule has 0 aliphatic carbocycles. The molecule has 0 spiro atoms. The summed E-state index contributed by atoms with van der Waals surface area (Å²) in [6.45, 7) is 0.983. The number of benzene rings is 2. The Kier molecular flexibility index (Phi) is 2.87. The van der Waals surface area contributed by atoms with Crippen molar-refractivity contribution in [2.45, 2.75) is 12.5 Å². The Balaban J connectivity index is 2.00. The summed E-state index contributed by atoms with van der Waals surface area (Å²) >= 11 is 0. The molecule has 0 radical (unpaired) electrons. The molecule has 0 saturated carbocycles. The van der Waals surface area contributed by atoms with Crippen LogP contribution in [0.15, 0.2) is 36.4 Å². The molecular formula is C15H16N2O2. The molecule has 19 heavy (non-hydrogen) atoms. The molecule has 1 saturated heterocycles. The molecule has 1 amide bonds. The summed E-state index contributed by atoms with van der Waals surface area (Å²) in [6.07, 6.45) is 0.227. The largest absolute Gasteiger partial charge is 0.398 e. The van der Waals surface area contributed by atoms with E-state index in [4.69, 9.17) is 5.73 Å². The van der Waals surface area contributed by atoms with Crippen LogP contribution in [0.25, 0.3) is 10.8 Å². The molecule has 98 valence electrons. The van der Waals surface area contributed by atoms with Crippen molar-refractivity contribution in [1.29, 1.82) is 0 Å². The zero-order valence-electron chi connectivity index (χ0n) is 10.5.